The zero-order chi connectivity index (χ0) is 21.2. The van der Waals surface area contributed by atoms with Gasteiger partial charge in [0.15, 0.2) is 5.16 Å². The molecule has 2 atom stereocenters. The lowest BCUT2D eigenvalue weighted by atomic mass is 10.1. The molecule has 0 saturated carbocycles. The Morgan fingerprint density at radius 1 is 1.16 bits per heavy atom. The molecule has 5 nitrogen and oxygen atoms in total. The number of amides is 1. The van der Waals surface area contributed by atoms with Crippen LogP contribution in [-0.2, 0) is 22.5 Å². The normalized spacial score (nSPS) is 20.2. The molecule has 0 N–H and O–H groups in total. The minimum Gasteiger partial charge on any atom is -0.376 e. The molecule has 1 aromatic heterocycles. The number of hydrogen-bond acceptors (Lipinski definition) is 4. The molecule has 2 aromatic carbocycles. The van der Waals surface area contributed by atoms with Crippen LogP contribution in [0.2, 0.25) is 0 Å². The van der Waals surface area contributed by atoms with E-state index in [1.165, 1.54) is 17.3 Å². The molecule has 0 radical (unpaired) electrons. The molecule has 1 saturated heterocycles. The Bertz CT molecular complexity index is 1060. The molecule has 1 amide bonds. The lowest BCUT2D eigenvalue weighted by Gasteiger charge is -2.22. The first kappa shape index (κ1) is 20.3. The molecular weight excluding hydrogens is 406 g/mol. The predicted octanol–water partition coefficient (Wildman–Crippen LogP) is 4.80. The summed E-state index contributed by atoms with van der Waals surface area (Å²) in [5.74, 6) is 0.505. The number of aromatic nitrogens is 2. The van der Waals surface area contributed by atoms with Gasteiger partial charge >= 0.3 is 0 Å². The van der Waals surface area contributed by atoms with Crippen LogP contribution in [0.15, 0.2) is 66.0 Å². The number of carbonyl (C=O) groups is 1. The summed E-state index contributed by atoms with van der Waals surface area (Å²) in [6, 6.07) is 18.7. The van der Waals surface area contributed by atoms with Crippen molar-refractivity contribution in [2.24, 2.45) is 0 Å². The fraction of sp³-hybridized carbons (Fsp3) is 0.360. The van der Waals surface area contributed by atoms with E-state index in [-0.39, 0.29) is 18.1 Å². The van der Waals surface area contributed by atoms with E-state index in [0.29, 0.717) is 5.75 Å². The van der Waals surface area contributed by atoms with Crippen LogP contribution in [0.3, 0.4) is 0 Å². The van der Waals surface area contributed by atoms with Crippen molar-refractivity contribution in [1.82, 2.24) is 9.55 Å². The summed E-state index contributed by atoms with van der Waals surface area (Å²) in [5.41, 5.74) is 4.51. The van der Waals surface area contributed by atoms with Crippen molar-refractivity contribution in [2.75, 3.05) is 17.3 Å². The molecular formula is C25H27N3O2S. The van der Waals surface area contributed by atoms with E-state index < -0.39 is 0 Å². The van der Waals surface area contributed by atoms with Crippen molar-refractivity contribution >= 4 is 23.4 Å². The van der Waals surface area contributed by atoms with Crippen molar-refractivity contribution in [1.29, 1.82) is 0 Å². The highest BCUT2D eigenvalue weighted by Gasteiger charge is 2.31. The van der Waals surface area contributed by atoms with Gasteiger partial charge in [0.05, 0.1) is 30.3 Å². The van der Waals surface area contributed by atoms with E-state index in [1.807, 2.05) is 47.5 Å². The van der Waals surface area contributed by atoms with E-state index in [1.54, 1.807) is 0 Å². The molecule has 2 aliphatic rings. The average Bonchev–Trinajstić information content (AvgIpc) is 3.51. The summed E-state index contributed by atoms with van der Waals surface area (Å²) in [5, 5.41) is 0.878. The quantitative estimate of drug-likeness (QED) is 0.524. The Labute approximate surface area is 187 Å². The molecule has 3 heterocycles. The number of para-hydroxylation sites is 1. The number of ether oxygens (including phenoxy) is 1. The fourth-order valence-corrected chi connectivity index (χ4v) is 5.47. The van der Waals surface area contributed by atoms with Crippen LogP contribution in [0.25, 0.3) is 11.3 Å². The van der Waals surface area contributed by atoms with Crippen LogP contribution in [0.5, 0.6) is 0 Å². The zero-order valence-corrected chi connectivity index (χ0v) is 18.6. The topological polar surface area (TPSA) is 47.4 Å². The van der Waals surface area contributed by atoms with E-state index >= 15 is 0 Å². The second-order valence-electron chi connectivity index (χ2n) is 8.27. The van der Waals surface area contributed by atoms with Gasteiger partial charge in [-0.15, -0.1) is 0 Å². The first-order valence-electron chi connectivity index (χ1n) is 11.0. The summed E-state index contributed by atoms with van der Waals surface area (Å²) in [4.78, 5) is 19.8. The lowest BCUT2D eigenvalue weighted by Crippen LogP contribution is -2.37. The van der Waals surface area contributed by atoms with E-state index in [4.69, 9.17) is 9.72 Å². The first-order valence-corrected chi connectivity index (χ1v) is 11.9. The highest BCUT2D eigenvalue weighted by atomic mass is 32.2. The van der Waals surface area contributed by atoms with Gasteiger partial charge in [-0.3, -0.25) is 4.79 Å². The van der Waals surface area contributed by atoms with Gasteiger partial charge in [-0.05, 0) is 43.4 Å². The van der Waals surface area contributed by atoms with Gasteiger partial charge in [0.25, 0.3) is 0 Å². The third kappa shape index (κ3) is 4.14. The highest BCUT2D eigenvalue weighted by molar-refractivity contribution is 7.99. The van der Waals surface area contributed by atoms with E-state index in [2.05, 4.69) is 29.7 Å². The monoisotopic (exact) mass is 433 g/mol. The van der Waals surface area contributed by atoms with Crippen LogP contribution in [0.1, 0.15) is 25.3 Å². The Kier molecular flexibility index (Phi) is 5.83. The summed E-state index contributed by atoms with van der Waals surface area (Å²) < 4.78 is 8.13. The Morgan fingerprint density at radius 3 is 2.77 bits per heavy atom. The van der Waals surface area contributed by atoms with Gasteiger partial charge in [-0.1, -0.05) is 60.3 Å². The molecule has 1 fully saturated rings. The van der Waals surface area contributed by atoms with Crippen molar-refractivity contribution in [3.63, 3.8) is 0 Å². The van der Waals surface area contributed by atoms with Crippen LogP contribution >= 0.6 is 11.8 Å². The molecule has 31 heavy (non-hydrogen) atoms. The molecule has 160 valence electrons. The molecule has 2 aliphatic heterocycles. The lowest BCUT2D eigenvalue weighted by molar-refractivity contribution is -0.116. The summed E-state index contributed by atoms with van der Waals surface area (Å²) in [6.07, 6.45) is 5.21. The number of imidazole rings is 1. The Balaban J connectivity index is 1.36. The molecule has 0 bridgehead atoms. The third-order valence-corrected chi connectivity index (χ3v) is 7.07. The van der Waals surface area contributed by atoms with Gasteiger partial charge in [0, 0.05) is 18.3 Å². The van der Waals surface area contributed by atoms with Crippen LogP contribution in [0.4, 0.5) is 5.69 Å². The minimum atomic E-state index is 0.135. The second kappa shape index (κ2) is 8.89. The van der Waals surface area contributed by atoms with Crippen LogP contribution in [0, 0.1) is 0 Å². The summed E-state index contributed by atoms with van der Waals surface area (Å²) in [7, 11) is 0. The minimum absolute atomic E-state index is 0.135. The molecule has 3 aromatic rings. The van der Waals surface area contributed by atoms with Crippen molar-refractivity contribution in [3.05, 3.63) is 66.4 Å². The van der Waals surface area contributed by atoms with Crippen LogP contribution < -0.4 is 4.90 Å². The number of carbonyl (C=O) groups excluding carboxylic acids is 1. The summed E-state index contributed by atoms with van der Waals surface area (Å²) in [6.45, 7) is 3.71. The number of rotatable bonds is 6. The van der Waals surface area contributed by atoms with E-state index in [9.17, 15) is 4.79 Å². The van der Waals surface area contributed by atoms with Crippen LogP contribution in [-0.4, -0.2) is 40.0 Å². The zero-order valence-electron chi connectivity index (χ0n) is 17.7. The van der Waals surface area contributed by atoms with Gasteiger partial charge < -0.3 is 14.2 Å². The predicted molar refractivity (Wildman–Crippen MR) is 124 cm³/mol. The fourth-order valence-electron chi connectivity index (χ4n) is 4.62. The Hall–Kier alpha value is -2.57. The largest absolute Gasteiger partial charge is 0.376 e. The van der Waals surface area contributed by atoms with E-state index in [0.717, 1.165) is 54.5 Å². The van der Waals surface area contributed by atoms with Gasteiger partial charge in [-0.25, -0.2) is 4.98 Å². The van der Waals surface area contributed by atoms with Crippen molar-refractivity contribution in [2.45, 2.75) is 50.0 Å². The molecule has 6 heteroatoms. The SMILES string of the molecule is C[C@H]1Cc2ccccc2N1C(=O)CSc1ncc(-c2ccccc2)n1C[C@H]1CCCO1. The smallest absolute Gasteiger partial charge is 0.237 e. The Morgan fingerprint density at radius 2 is 1.97 bits per heavy atom. The number of fused-ring (bicyclic) bond motifs is 1. The van der Waals surface area contributed by atoms with Gasteiger partial charge in [-0.2, -0.15) is 0 Å². The van der Waals surface area contributed by atoms with Crippen molar-refractivity contribution < 1.29 is 9.53 Å². The molecule has 0 aliphatic carbocycles. The average molecular weight is 434 g/mol. The highest BCUT2D eigenvalue weighted by Crippen LogP contribution is 2.33. The first-order chi connectivity index (χ1) is 15.2. The standard InChI is InChI=1S/C25H27N3O2S/c1-18-14-20-10-5-6-12-22(20)28(18)24(29)17-31-25-26-15-23(19-8-3-2-4-9-19)27(25)16-21-11-7-13-30-21/h2-6,8-10,12,15,18,21H,7,11,13-14,16-17H2,1H3/t18-,21+/m0/s1. The van der Waals surface area contributed by atoms with Gasteiger partial charge in [0.1, 0.15) is 0 Å². The maximum absolute atomic E-state index is 13.2. The number of hydrogen-bond donors (Lipinski definition) is 0. The number of thioether (sulfide) groups is 1. The third-order valence-electron chi connectivity index (χ3n) is 6.10. The number of benzene rings is 2. The maximum Gasteiger partial charge on any atom is 0.237 e. The van der Waals surface area contributed by atoms with Crippen molar-refractivity contribution in [3.8, 4) is 11.3 Å². The number of anilines is 1. The maximum atomic E-state index is 13.2. The molecule has 5 rings (SSSR count). The molecule has 0 spiro atoms. The number of nitrogens with zero attached hydrogens (tertiary/aromatic N) is 3. The summed E-state index contributed by atoms with van der Waals surface area (Å²) >= 11 is 1.52. The van der Waals surface area contributed by atoms with Gasteiger partial charge in [0.2, 0.25) is 5.91 Å². The molecule has 0 unspecified atom stereocenters. The second-order valence-corrected chi connectivity index (χ2v) is 9.21.